The normalized spacial score (nSPS) is 18.4. The molecule has 1 aliphatic heterocycles. The molecular weight excluding hydrogens is 230 g/mol. The molecule has 2 nitrogen and oxygen atoms in total. The van der Waals surface area contributed by atoms with Crippen LogP contribution in [0.4, 0.5) is 0 Å². The van der Waals surface area contributed by atoms with Gasteiger partial charge in [0.15, 0.2) is 0 Å². The third-order valence-electron chi connectivity index (χ3n) is 2.55. The lowest BCUT2D eigenvalue weighted by Gasteiger charge is -2.14. The standard InChI is InChI=1S/C14H15NOS/c1-10(2)16-13-6-5-11(8-12(13)9-15)14-4-3-7-17-14/h3,5-8,10,14H,4H2,1-2H3. The number of ether oxygens (including phenoxy) is 1. The maximum Gasteiger partial charge on any atom is 0.137 e. The van der Waals surface area contributed by atoms with Crippen LogP contribution in [0.2, 0.25) is 0 Å². The molecule has 1 unspecified atom stereocenters. The van der Waals surface area contributed by atoms with Gasteiger partial charge in [0.1, 0.15) is 11.8 Å². The Bertz CT molecular complexity index is 466. The van der Waals surface area contributed by atoms with Crippen molar-refractivity contribution >= 4 is 11.8 Å². The van der Waals surface area contributed by atoms with E-state index in [1.54, 1.807) is 11.8 Å². The SMILES string of the molecule is CC(C)Oc1ccc(C2CC=CS2)cc1C#N. The van der Waals surface area contributed by atoms with Crippen molar-refractivity contribution in [3.63, 3.8) is 0 Å². The van der Waals surface area contributed by atoms with Crippen molar-refractivity contribution < 1.29 is 4.74 Å². The number of hydrogen-bond donors (Lipinski definition) is 0. The number of allylic oxidation sites excluding steroid dienone is 1. The van der Waals surface area contributed by atoms with E-state index in [9.17, 15) is 0 Å². The highest BCUT2D eigenvalue weighted by molar-refractivity contribution is 8.02. The van der Waals surface area contributed by atoms with E-state index in [4.69, 9.17) is 10.00 Å². The fourth-order valence-electron chi connectivity index (χ4n) is 1.79. The summed E-state index contributed by atoms with van der Waals surface area (Å²) in [5, 5.41) is 11.7. The van der Waals surface area contributed by atoms with Crippen LogP contribution < -0.4 is 4.74 Å². The molecule has 1 aromatic carbocycles. The van der Waals surface area contributed by atoms with Crippen LogP contribution in [0.1, 0.15) is 36.6 Å². The fourth-order valence-corrected chi connectivity index (χ4v) is 2.73. The van der Waals surface area contributed by atoms with Crippen LogP contribution in [0.3, 0.4) is 0 Å². The summed E-state index contributed by atoms with van der Waals surface area (Å²) in [5.74, 6) is 0.683. The van der Waals surface area contributed by atoms with E-state index in [2.05, 4.69) is 23.6 Å². The van der Waals surface area contributed by atoms with Gasteiger partial charge in [0.05, 0.1) is 11.7 Å². The second-order valence-electron chi connectivity index (χ2n) is 4.27. The Kier molecular flexibility index (Phi) is 3.75. The quantitative estimate of drug-likeness (QED) is 0.805. The number of benzene rings is 1. The van der Waals surface area contributed by atoms with Crippen molar-refractivity contribution in [1.82, 2.24) is 0 Å². The Morgan fingerprint density at radius 1 is 1.47 bits per heavy atom. The van der Waals surface area contributed by atoms with Gasteiger partial charge in [-0.25, -0.2) is 0 Å². The Hall–Kier alpha value is -1.40. The average molecular weight is 245 g/mol. The molecule has 0 aromatic heterocycles. The summed E-state index contributed by atoms with van der Waals surface area (Å²) in [6.45, 7) is 3.93. The molecule has 0 saturated heterocycles. The zero-order valence-electron chi connectivity index (χ0n) is 10.0. The number of hydrogen-bond acceptors (Lipinski definition) is 3. The van der Waals surface area contributed by atoms with Gasteiger partial charge in [-0.15, -0.1) is 11.8 Å². The van der Waals surface area contributed by atoms with Crippen molar-refractivity contribution in [3.05, 3.63) is 40.8 Å². The smallest absolute Gasteiger partial charge is 0.137 e. The first-order valence-corrected chi connectivity index (χ1v) is 6.66. The number of nitrogens with zero attached hydrogens (tertiary/aromatic N) is 1. The zero-order valence-corrected chi connectivity index (χ0v) is 10.8. The second-order valence-corrected chi connectivity index (χ2v) is 5.38. The lowest BCUT2D eigenvalue weighted by molar-refractivity contribution is 0.241. The van der Waals surface area contributed by atoms with E-state index in [0.717, 1.165) is 6.42 Å². The fraction of sp³-hybridized carbons (Fsp3) is 0.357. The largest absolute Gasteiger partial charge is 0.490 e. The Morgan fingerprint density at radius 3 is 2.88 bits per heavy atom. The minimum Gasteiger partial charge on any atom is -0.490 e. The van der Waals surface area contributed by atoms with Gasteiger partial charge in [-0.2, -0.15) is 5.26 Å². The van der Waals surface area contributed by atoms with Crippen molar-refractivity contribution in [2.24, 2.45) is 0 Å². The molecule has 0 fully saturated rings. The van der Waals surface area contributed by atoms with Gasteiger partial charge in [-0.05, 0) is 43.4 Å². The molecule has 1 aliphatic rings. The molecule has 3 heteroatoms. The number of rotatable bonds is 3. The van der Waals surface area contributed by atoms with Crippen LogP contribution in [-0.4, -0.2) is 6.10 Å². The topological polar surface area (TPSA) is 33.0 Å². The van der Waals surface area contributed by atoms with E-state index in [1.165, 1.54) is 5.56 Å². The van der Waals surface area contributed by atoms with Crippen molar-refractivity contribution in [2.75, 3.05) is 0 Å². The van der Waals surface area contributed by atoms with E-state index >= 15 is 0 Å². The lowest BCUT2D eigenvalue weighted by atomic mass is 10.1. The van der Waals surface area contributed by atoms with Crippen LogP contribution in [0.5, 0.6) is 5.75 Å². The van der Waals surface area contributed by atoms with Crippen LogP contribution in [0.25, 0.3) is 0 Å². The highest BCUT2D eigenvalue weighted by atomic mass is 32.2. The number of nitriles is 1. The van der Waals surface area contributed by atoms with Gasteiger partial charge in [-0.1, -0.05) is 12.1 Å². The summed E-state index contributed by atoms with van der Waals surface area (Å²) < 4.78 is 5.61. The summed E-state index contributed by atoms with van der Waals surface area (Å²) in [6.07, 6.45) is 3.30. The Balaban J connectivity index is 2.25. The molecule has 88 valence electrons. The molecular formula is C14H15NOS. The first-order valence-electron chi connectivity index (χ1n) is 5.72. The molecule has 17 heavy (non-hydrogen) atoms. The molecule has 1 aromatic rings. The van der Waals surface area contributed by atoms with Gasteiger partial charge in [0, 0.05) is 5.25 Å². The first-order chi connectivity index (χ1) is 8.20. The van der Waals surface area contributed by atoms with E-state index < -0.39 is 0 Å². The molecule has 2 rings (SSSR count). The highest BCUT2D eigenvalue weighted by Gasteiger charge is 2.16. The minimum absolute atomic E-state index is 0.0930. The van der Waals surface area contributed by atoms with Crippen molar-refractivity contribution in [3.8, 4) is 11.8 Å². The summed E-state index contributed by atoms with van der Waals surface area (Å²) in [7, 11) is 0. The molecule has 0 aliphatic carbocycles. The van der Waals surface area contributed by atoms with Crippen LogP contribution in [-0.2, 0) is 0 Å². The van der Waals surface area contributed by atoms with Crippen molar-refractivity contribution in [2.45, 2.75) is 31.6 Å². The second kappa shape index (κ2) is 5.29. The summed E-state index contributed by atoms with van der Waals surface area (Å²) in [5.41, 5.74) is 1.83. The van der Waals surface area contributed by atoms with Gasteiger partial charge < -0.3 is 4.74 Å². The third-order valence-corrected chi connectivity index (χ3v) is 3.69. The Labute approximate surface area is 106 Å². The third kappa shape index (κ3) is 2.83. The molecule has 1 atom stereocenters. The van der Waals surface area contributed by atoms with E-state index in [-0.39, 0.29) is 6.10 Å². The van der Waals surface area contributed by atoms with Crippen LogP contribution in [0, 0.1) is 11.3 Å². The summed E-state index contributed by atoms with van der Waals surface area (Å²) in [4.78, 5) is 0. The maximum absolute atomic E-state index is 9.15. The summed E-state index contributed by atoms with van der Waals surface area (Å²) >= 11 is 1.80. The van der Waals surface area contributed by atoms with Gasteiger partial charge >= 0.3 is 0 Å². The zero-order chi connectivity index (χ0) is 12.3. The molecule has 0 saturated carbocycles. The first kappa shape index (κ1) is 12.1. The van der Waals surface area contributed by atoms with E-state index in [1.807, 2.05) is 26.0 Å². The molecule has 0 spiro atoms. The predicted octanol–water partition coefficient (Wildman–Crippen LogP) is 4.04. The van der Waals surface area contributed by atoms with Gasteiger partial charge in [0.25, 0.3) is 0 Å². The monoisotopic (exact) mass is 245 g/mol. The number of thioether (sulfide) groups is 1. The summed E-state index contributed by atoms with van der Waals surface area (Å²) in [6, 6.07) is 8.13. The molecule has 0 radical (unpaired) electrons. The highest BCUT2D eigenvalue weighted by Crippen LogP contribution is 2.39. The van der Waals surface area contributed by atoms with E-state index in [0.29, 0.717) is 16.6 Å². The van der Waals surface area contributed by atoms with Gasteiger partial charge in [-0.3, -0.25) is 0 Å². The average Bonchev–Trinajstić information content (AvgIpc) is 2.82. The molecule has 0 N–H and O–H groups in total. The maximum atomic E-state index is 9.15. The van der Waals surface area contributed by atoms with Crippen molar-refractivity contribution in [1.29, 1.82) is 5.26 Å². The van der Waals surface area contributed by atoms with Gasteiger partial charge in [0.2, 0.25) is 0 Å². The lowest BCUT2D eigenvalue weighted by Crippen LogP contribution is -2.07. The van der Waals surface area contributed by atoms with Crippen LogP contribution >= 0.6 is 11.8 Å². The molecule has 0 amide bonds. The Morgan fingerprint density at radius 2 is 2.29 bits per heavy atom. The molecule has 1 heterocycles. The molecule has 0 bridgehead atoms. The minimum atomic E-state index is 0.0930. The predicted molar refractivity (Wildman–Crippen MR) is 71.0 cm³/mol. The van der Waals surface area contributed by atoms with Crippen LogP contribution in [0.15, 0.2) is 29.7 Å².